The molecule has 0 fully saturated rings. The maximum Gasteiger partial charge on any atom is 0.0931 e. The summed E-state index contributed by atoms with van der Waals surface area (Å²) in [5, 5.41) is 3.45. The van der Waals surface area contributed by atoms with Crippen molar-refractivity contribution in [1.82, 2.24) is 20.3 Å². The molecule has 3 aromatic rings. The molecule has 0 amide bonds. The molecule has 0 aliphatic heterocycles. The van der Waals surface area contributed by atoms with Crippen molar-refractivity contribution in [3.8, 4) is 0 Å². The number of benzene rings is 1. The third-order valence-corrected chi connectivity index (χ3v) is 3.15. The van der Waals surface area contributed by atoms with Gasteiger partial charge in [0.2, 0.25) is 0 Å². The number of aromatic amines is 1. The van der Waals surface area contributed by atoms with Crippen molar-refractivity contribution >= 4 is 11.0 Å². The van der Waals surface area contributed by atoms with Crippen LogP contribution < -0.4 is 5.32 Å². The van der Waals surface area contributed by atoms with Crippen LogP contribution >= 0.6 is 0 Å². The predicted molar refractivity (Wildman–Crippen MR) is 75.7 cm³/mol. The number of hydrogen-bond acceptors (Lipinski definition) is 3. The first-order chi connectivity index (χ1) is 9.42. The molecule has 2 N–H and O–H groups in total. The molecule has 4 heteroatoms. The summed E-state index contributed by atoms with van der Waals surface area (Å²) in [4.78, 5) is 11.4. The second kappa shape index (κ2) is 5.63. The van der Waals surface area contributed by atoms with Crippen LogP contribution in [0.4, 0.5) is 0 Å². The van der Waals surface area contributed by atoms with Crippen LogP contribution in [0.3, 0.4) is 0 Å². The number of pyridine rings is 1. The highest BCUT2D eigenvalue weighted by Crippen LogP contribution is 2.11. The van der Waals surface area contributed by atoms with Crippen LogP contribution in [0.15, 0.2) is 49.1 Å². The number of H-pyrrole nitrogens is 1. The summed E-state index contributed by atoms with van der Waals surface area (Å²) in [7, 11) is 0. The molecule has 96 valence electrons. The third kappa shape index (κ3) is 2.98. The minimum Gasteiger partial charge on any atom is -0.345 e. The van der Waals surface area contributed by atoms with Gasteiger partial charge in [-0.2, -0.15) is 0 Å². The highest BCUT2D eigenvalue weighted by Gasteiger charge is 1.98. The average Bonchev–Trinajstić information content (AvgIpc) is 2.92. The molecule has 0 aliphatic carbocycles. The first kappa shape index (κ1) is 11.9. The molecule has 4 nitrogen and oxygen atoms in total. The molecule has 3 rings (SSSR count). The molecular formula is C15H16N4. The average molecular weight is 252 g/mol. The summed E-state index contributed by atoms with van der Waals surface area (Å²) in [5.41, 5.74) is 4.69. The Morgan fingerprint density at radius 2 is 1.95 bits per heavy atom. The van der Waals surface area contributed by atoms with Gasteiger partial charge in [0.1, 0.15) is 0 Å². The van der Waals surface area contributed by atoms with Crippen LogP contribution in [0.2, 0.25) is 0 Å². The van der Waals surface area contributed by atoms with Crippen LogP contribution in [0.25, 0.3) is 11.0 Å². The zero-order valence-electron chi connectivity index (χ0n) is 10.6. The van der Waals surface area contributed by atoms with Gasteiger partial charge in [0.15, 0.2) is 0 Å². The summed E-state index contributed by atoms with van der Waals surface area (Å²) in [6.07, 6.45) is 6.42. The molecular weight excluding hydrogens is 236 g/mol. The maximum atomic E-state index is 4.21. The maximum absolute atomic E-state index is 4.21. The number of rotatable bonds is 5. The Bertz CT molecular complexity index is 645. The van der Waals surface area contributed by atoms with E-state index >= 15 is 0 Å². The molecule has 2 aromatic heterocycles. The van der Waals surface area contributed by atoms with E-state index in [0.717, 1.165) is 30.5 Å². The van der Waals surface area contributed by atoms with E-state index < -0.39 is 0 Å². The molecule has 0 radical (unpaired) electrons. The van der Waals surface area contributed by atoms with Gasteiger partial charge in [-0.05, 0) is 48.4 Å². The van der Waals surface area contributed by atoms with Crippen molar-refractivity contribution in [3.63, 3.8) is 0 Å². The molecule has 0 saturated heterocycles. The second-order valence-electron chi connectivity index (χ2n) is 4.54. The van der Waals surface area contributed by atoms with E-state index in [1.54, 1.807) is 6.33 Å². The first-order valence-electron chi connectivity index (χ1n) is 6.43. The first-order valence-corrected chi connectivity index (χ1v) is 6.43. The Morgan fingerprint density at radius 3 is 2.84 bits per heavy atom. The van der Waals surface area contributed by atoms with Gasteiger partial charge in [-0.1, -0.05) is 6.07 Å². The minimum absolute atomic E-state index is 0.875. The summed E-state index contributed by atoms with van der Waals surface area (Å²) in [6, 6.07) is 10.4. The normalized spacial score (nSPS) is 10.9. The smallest absolute Gasteiger partial charge is 0.0931 e. The molecule has 1 aromatic carbocycles. The van der Waals surface area contributed by atoms with Gasteiger partial charge in [0.05, 0.1) is 17.4 Å². The standard InChI is InChI=1S/C15H16N4/c1-2-14-15(19-11-18-14)9-13(1)10-17-8-5-12-3-6-16-7-4-12/h1-4,6-7,9,11,17H,5,8,10H2,(H,18,19). The van der Waals surface area contributed by atoms with Crippen LogP contribution in [0.5, 0.6) is 0 Å². The minimum atomic E-state index is 0.875. The summed E-state index contributed by atoms with van der Waals surface area (Å²) >= 11 is 0. The molecule has 0 aliphatic rings. The van der Waals surface area contributed by atoms with Gasteiger partial charge in [0.25, 0.3) is 0 Å². The fourth-order valence-electron chi connectivity index (χ4n) is 2.11. The zero-order valence-corrected chi connectivity index (χ0v) is 10.6. The van der Waals surface area contributed by atoms with Crippen molar-refractivity contribution in [2.24, 2.45) is 0 Å². The Hall–Kier alpha value is -2.20. The lowest BCUT2D eigenvalue weighted by Gasteiger charge is -2.05. The van der Waals surface area contributed by atoms with Gasteiger partial charge in [-0.3, -0.25) is 4.98 Å². The highest BCUT2D eigenvalue weighted by molar-refractivity contribution is 5.74. The third-order valence-electron chi connectivity index (χ3n) is 3.15. The van der Waals surface area contributed by atoms with Crippen LogP contribution in [0.1, 0.15) is 11.1 Å². The molecule has 19 heavy (non-hydrogen) atoms. The van der Waals surface area contributed by atoms with E-state index in [4.69, 9.17) is 0 Å². The zero-order chi connectivity index (χ0) is 12.9. The number of hydrogen-bond donors (Lipinski definition) is 2. The van der Waals surface area contributed by atoms with Crippen molar-refractivity contribution in [1.29, 1.82) is 0 Å². The van der Waals surface area contributed by atoms with Crippen molar-refractivity contribution in [2.75, 3.05) is 6.54 Å². The molecule has 0 unspecified atom stereocenters. The molecule has 0 atom stereocenters. The van der Waals surface area contributed by atoms with Gasteiger partial charge in [-0.25, -0.2) is 4.98 Å². The Morgan fingerprint density at radius 1 is 1.05 bits per heavy atom. The van der Waals surface area contributed by atoms with Gasteiger partial charge < -0.3 is 10.3 Å². The van der Waals surface area contributed by atoms with Gasteiger partial charge in [0, 0.05) is 18.9 Å². The predicted octanol–water partition coefficient (Wildman–Crippen LogP) is 2.29. The van der Waals surface area contributed by atoms with E-state index in [2.05, 4.69) is 44.5 Å². The molecule has 0 bridgehead atoms. The van der Waals surface area contributed by atoms with Crippen molar-refractivity contribution < 1.29 is 0 Å². The number of nitrogens with zero attached hydrogens (tertiary/aromatic N) is 2. The van der Waals surface area contributed by atoms with Crippen LogP contribution in [-0.2, 0) is 13.0 Å². The number of aromatic nitrogens is 3. The van der Waals surface area contributed by atoms with E-state index in [0.29, 0.717) is 0 Å². The van der Waals surface area contributed by atoms with Crippen molar-refractivity contribution in [3.05, 3.63) is 60.2 Å². The Balaban J connectivity index is 1.52. The number of fused-ring (bicyclic) bond motifs is 1. The lowest BCUT2D eigenvalue weighted by atomic mass is 10.2. The highest BCUT2D eigenvalue weighted by atomic mass is 14.9. The summed E-state index contributed by atoms with van der Waals surface area (Å²) in [5.74, 6) is 0. The van der Waals surface area contributed by atoms with E-state index in [1.807, 2.05) is 18.5 Å². The van der Waals surface area contributed by atoms with Crippen molar-refractivity contribution in [2.45, 2.75) is 13.0 Å². The van der Waals surface area contributed by atoms with E-state index in [-0.39, 0.29) is 0 Å². The lowest BCUT2D eigenvalue weighted by Crippen LogP contribution is -2.16. The number of imidazole rings is 1. The molecule has 0 spiro atoms. The quantitative estimate of drug-likeness (QED) is 0.685. The molecule has 0 saturated carbocycles. The number of nitrogens with one attached hydrogen (secondary N) is 2. The largest absolute Gasteiger partial charge is 0.345 e. The Kier molecular flexibility index (Phi) is 3.51. The fraction of sp³-hybridized carbons (Fsp3) is 0.200. The Labute approximate surface area is 111 Å². The monoisotopic (exact) mass is 252 g/mol. The lowest BCUT2D eigenvalue weighted by molar-refractivity contribution is 0.687. The summed E-state index contributed by atoms with van der Waals surface area (Å²) < 4.78 is 0. The molecule has 2 heterocycles. The van der Waals surface area contributed by atoms with Crippen LogP contribution in [0, 0.1) is 0 Å². The summed E-state index contributed by atoms with van der Waals surface area (Å²) in [6.45, 7) is 1.84. The van der Waals surface area contributed by atoms with E-state index in [9.17, 15) is 0 Å². The topological polar surface area (TPSA) is 53.6 Å². The van der Waals surface area contributed by atoms with Gasteiger partial charge >= 0.3 is 0 Å². The van der Waals surface area contributed by atoms with E-state index in [1.165, 1.54) is 11.1 Å². The van der Waals surface area contributed by atoms with Gasteiger partial charge in [-0.15, -0.1) is 0 Å². The fourth-order valence-corrected chi connectivity index (χ4v) is 2.11. The SMILES string of the molecule is c1cc(CCNCc2ccc3nc[nH]c3c2)ccn1. The second-order valence-corrected chi connectivity index (χ2v) is 4.54. The van der Waals surface area contributed by atoms with Crippen LogP contribution in [-0.4, -0.2) is 21.5 Å².